The lowest BCUT2D eigenvalue weighted by Gasteiger charge is -2.47. The first-order valence-electron chi connectivity index (χ1n) is 5.59. The normalized spacial score (nSPS) is 47.8. The number of hydrogen-bond acceptors (Lipinski definition) is 3. The maximum Gasteiger partial charge on any atom is 0.0657 e. The quantitative estimate of drug-likeness (QED) is 0.609. The maximum atomic E-state index is 10.3. The molecule has 82 valence electrons. The highest BCUT2D eigenvalue weighted by molar-refractivity contribution is 4.96. The van der Waals surface area contributed by atoms with E-state index in [4.69, 9.17) is 10.2 Å². The molecule has 0 aliphatic heterocycles. The van der Waals surface area contributed by atoms with Crippen LogP contribution >= 0.6 is 0 Å². The minimum atomic E-state index is -0.595. The lowest BCUT2D eigenvalue weighted by atomic mass is 9.62. The van der Waals surface area contributed by atoms with Gasteiger partial charge in [-0.05, 0) is 49.9 Å². The third kappa shape index (κ3) is 1.95. The van der Waals surface area contributed by atoms with Crippen LogP contribution < -0.4 is 0 Å². The Hall–Kier alpha value is -0.120. The zero-order valence-corrected chi connectivity index (χ0v) is 8.52. The van der Waals surface area contributed by atoms with Crippen LogP contribution in [0.2, 0.25) is 0 Å². The summed E-state index contributed by atoms with van der Waals surface area (Å²) < 4.78 is 0. The molecular weight excluding hydrogens is 180 g/mol. The predicted molar refractivity (Wildman–Crippen MR) is 52.7 cm³/mol. The SMILES string of the molecule is OCC1CC2CC(CO)CC(O)(C1)C2. The van der Waals surface area contributed by atoms with Gasteiger partial charge in [0, 0.05) is 13.2 Å². The largest absolute Gasteiger partial charge is 0.396 e. The Morgan fingerprint density at radius 2 is 1.43 bits per heavy atom. The van der Waals surface area contributed by atoms with E-state index in [1.165, 1.54) is 0 Å². The monoisotopic (exact) mass is 200 g/mol. The fourth-order valence-corrected chi connectivity index (χ4v) is 3.51. The fourth-order valence-electron chi connectivity index (χ4n) is 3.51. The lowest BCUT2D eigenvalue weighted by molar-refractivity contribution is -0.0986. The Morgan fingerprint density at radius 3 is 1.79 bits per heavy atom. The van der Waals surface area contributed by atoms with Gasteiger partial charge in [-0.25, -0.2) is 0 Å². The second-order valence-corrected chi connectivity index (χ2v) is 5.27. The molecule has 2 rings (SSSR count). The Morgan fingerprint density at radius 1 is 0.929 bits per heavy atom. The van der Waals surface area contributed by atoms with Crippen LogP contribution in [-0.2, 0) is 0 Å². The van der Waals surface area contributed by atoms with Crippen molar-refractivity contribution in [3.8, 4) is 0 Å². The smallest absolute Gasteiger partial charge is 0.0657 e. The molecule has 2 atom stereocenters. The average molecular weight is 200 g/mol. The van der Waals surface area contributed by atoms with E-state index in [0.717, 1.165) is 32.1 Å². The van der Waals surface area contributed by atoms with Crippen molar-refractivity contribution in [3.05, 3.63) is 0 Å². The Kier molecular flexibility index (Phi) is 2.82. The van der Waals surface area contributed by atoms with Crippen LogP contribution in [0.25, 0.3) is 0 Å². The second kappa shape index (κ2) is 3.80. The molecule has 0 saturated heterocycles. The van der Waals surface area contributed by atoms with E-state index in [1.807, 2.05) is 0 Å². The minimum Gasteiger partial charge on any atom is -0.396 e. The van der Waals surface area contributed by atoms with Crippen LogP contribution in [0.4, 0.5) is 0 Å². The summed E-state index contributed by atoms with van der Waals surface area (Å²) in [6, 6.07) is 0. The highest BCUT2D eigenvalue weighted by Crippen LogP contribution is 2.47. The Balaban J connectivity index is 2.05. The molecule has 3 nitrogen and oxygen atoms in total. The van der Waals surface area contributed by atoms with Crippen molar-refractivity contribution in [1.29, 1.82) is 0 Å². The molecule has 2 unspecified atom stereocenters. The third-order valence-corrected chi connectivity index (χ3v) is 3.86. The molecular formula is C11H20O3. The van der Waals surface area contributed by atoms with Gasteiger partial charge in [-0.2, -0.15) is 0 Å². The van der Waals surface area contributed by atoms with E-state index in [1.54, 1.807) is 0 Å². The average Bonchev–Trinajstić information content (AvgIpc) is 2.14. The van der Waals surface area contributed by atoms with Gasteiger partial charge in [0.05, 0.1) is 5.60 Å². The van der Waals surface area contributed by atoms with Crippen LogP contribution in [0.15, 0.2) is 0 Å². The summed E-state index contributed by atoms with van der Waals surface area (Å²) in [6.45, 7) is 0.394. The molecule has 2 bridgehead atoms. The molecule has 2 fully saturated rings. The fraction of sp³-hybridized carbons (Fsp3) is 1.00. The zero-order valence-electron chi connectivity index (χ0n) is 8.52. The number of fused-ring (bicyclic) bond motifs is 2. The van der Waals surface area contributed by atoms with Crippen LogP contribution in [-0.4, -0.2) is 34.1 Å². The van der Waals surface area contributed by atoms with Crippen LogP contribution in [0, 0.1) is 17.8 Å². The highest BCUT2D eigenvalue weighted by Gasteiger charge is 2.44. The molecule has 0 aromatic carbocycles. The van der Waals surface area contributed by atoms with Crippen molar-refractivity contribution in [2.45, 2.75) is 37.7 Å². The summed E-state index contributed by atoms with van der Waals surface area (Å²) in [5, 5.41) is 28.5. The summed E-state index contributed by atoms with van der Waals surface area (Å²) in [5.41, 5.74) is -0.595. The van der Waals surface area contributed by atoms with Gasteiger partial charge in [0.25, 0.3) is 0 Å². The topological polar surface area (TPSA) is 60.7 Å². The molecule has 2 aliphatic carbocycles. The summed E-state index contributed by atoms with van der Waals surface area (Å²) in [6.07, 6.45) is 4.36. The van der Waals surface area contributed by atoms with Crippen molar-refractivity contribution in [3.63, 3.8) is 0 Å². The van der Waals surface area contributed by atoms with Crippen LogP contribution in [0.5, 0.6) is 0 Å². The van der Waals surface area contributed by atoms with Gasteiger partial charge in [-0.3, -0.25) is 0 Å². The second-order valence-electron chi connectivity index (χ2n) is 5.27. The number of aliphatic hydroxyl groups is 3. The molecule has 3 N–H and O–H groups in total. The van der Waals surface area contributed by atoms with E-state index in [9.17, 15) is 5.11 Å². The van der Waals surface area contributed by atoms with Gasteiger partial charge in [-0.1, -0.05) is 0 Å². The third-order valence-electron chi connectivity index (χ3n) is 3.86. The van der Waals surface area contributed by atoms with Crippen molar-refractivity contribution in [2.75, 3.05) is 13.2 Å². The molecule has 0 radical (unpaired) electrons. The van der Waals surface area contributed by atoms with Gasteiger partial charge in [0.1, 0.15) is 0 Å². The van der Waals surface area contributed by atoms with Gasteiger partial charge in [0.15, 0.2) is 0 Å². The Labute approximate surface area is 84.8 Å². The molecule has 0 amide bonds. The van der Waals surface area contributed by atoms with Crippen LogP contribution in [0.1, 0.15) is 32.1 Å². The molecule has 3 heteroatoms. The Bertz CT molecular complexity index is 189. The maximum absolute atomic E-state index is 10.3. The van der Waals surface area contributed by atoms with Gasteiger partial charge >= 0.3 is 0 Å². The van der Waals surface area contributed by atoms with Gasteiger partial charge in [-0.15, -0.1) is 0 Å². The standard InChI is InChI=1S/C11H20O3/c12-6-9-1-8-2-10(7-13)5-11(14,3-8)4-9/h8-10,12-14H,1-7H2. The van der Waals surface area contributed by atoms with E-state index < -0.39 is 5.60 Å². The molecule has 2 aliphatic rings. The highest BCUT2D eigenvalue weighted by atomic mass is 16.3. The number of aliphatic hydroxyl groups excluding tert-OH is 2. The molecule has 0 aromatic heterocycles. The first-order chi connectivity index (χ1) is 6.65. The van der Waals surface area contributed by atoms with E-state index in [-0.39, 0.29) is 25.0 Å². The van der Waals surface area contributed by atoms with E-state index >= 15 is 0 Å². The van der Waals surface area contributed by atoms with Crippen molar-refractivity contribution < 1.29 is 15.3 Å². The van der Waals surface area contributed by atoms with E-state index in [2.05, 4.69) is 0 Å². The van der Waals surface area contributed by atoms with Crippen LogP contribution in [0.3, 0.4) is 0 Å². The van der Waals surface area contributed by atoms with Gasteiger partial charge in [0.2, 0.25) is 0 Å². The molecule has 2 saturated carbocycles. The van der Waals surface area contributed by atoms with Crippen molar-refractivity contribution >= 4 is 0 Å². The van der Waals surface area contributed by atoms with Crippen molar-refractivity contribution in [1.82, 2.24) is 0 Å². The summed E-state index contributed by atoms with van der Waals surface area (Å²) in [7, 11) is 0. The predicted octanol–water partition coefficient (Wildman–Crippen LogP) is 0.528. The number of hydrogen-bond donors (Lipinski definition) is 3. The first kappa shape index (κ1) is 10.4. The molecule has 0 aromatic rings. The number of rotatable bonds is 2. The zero-order chi connectivity index (χ0) is 10.2. The van der Waals surface area contributed by atoms with Crippen molar-refractivity contribution in [2.24, 2.45) is 17.8 Å². The summed E-state index contributed by atoms with van der Waals surface area (Å²) in [5.74, 6) is 1.06. The molecule has 14 heavy (non-hydrogen) atoms. The molecule has 0 spiro atoms. The summed E-state index contributed by atoms with van der Waals surface area (Å²) in [4.78, 5) is 0. The van der Waals surface area contributed by atoms with Gasteiger partial charge < -0.3 is 15.3 Å². The minimum absolute atomic E-state index is 0.197. The first-order valence-corrected chi connectivity index (χ1v) is 5.59. The lowest BCUT2D eigenvalue weighted by Crippen LogP contribution is -2.46. The summed E-state index contributed by atoms with van der Waals surface area (Å²) >= 11 is 0. The molecule has 0 heterocycles. The van der Waals surface area contributed by atoms with E-state index in [0.29, 0.717) is 5.92 Å².